The first-order valence-corrected chi connectivity index (χ1v) is 9.31. The predicted molar refractivity (Wildman–Crippen MR) is 114 cm³/mol. The number of benzene rings is 2. The van der Waals surface area contributed by atoms with E-state index in [0.717, 1.165) is 16.9 Å². The van der Waals surface area contributed by atoms with Crippen molar-refractivity contribution in [2.45, 2.75) is 26.4 Å². The molecule has 28 heavy (non-hydrogen) atoms. The van der Waals surface area contributed by atoms with Gasteiger partial charge in [-0.2, -0.15) is 14.9 Å². The Balaban J connectivity index is 1.97. The van der Waals surface area contributed by atoms with E-state index in [0.29, 0.717) is 22.6 Å². The summed E-state index contributed by atoms with van der Waals surface area (Å²) in [6.07, 6.45) is 3.95. The second kappa shape index (κ2) is 8.67. The molecule has 1 aromatic heterocycles. The van der Waals surface area contributed by atoms with Gasteiger partial charge in [-0.3, -0.25) is 0 Å². The third kappa shape index (κ3) is 4.37. The lowest BCUT2D eigenvalue weighted by Gasteiger charge is -2.10. The number of hydrogen-bond acceptors (Lipinski definition) is 5. The molecule has 0 unspecified atom stereocenters. The van der Waals surface area contributed by atoms with Gasteiger partial charge in [-0.1, -0.05) is 30.3 Å². The monoisotopic (exact) mass is 394 g/mol. The van der Waals surface area contributed by atoms with E-state index in [2.05, 4.69) is 21.9 Å². The summed E-state index contributed by atoms with van der Waals surface area (Å²) in [5.41, 5.74) is 2.19. The van der Waals surface area contributed by atoms with Crippen molar-refractivity contribution in [2.75, 3.05) is 0 Å². The van der Waals surface area contributed by atoms with Gasteiger partial charge in [0.15, 0.2) is 5.82 Å². The number of nitrogens with zero attached hydrogens (tertiary/aromatic N) is 3. The van der Waals surface area contributed by atoms with Gasteiger partial charge in [0.25, 0.3) is 0 Å². The molecule has 1 heterocycles. The number of aromatic hydroxyl groups is 1. The molecule has 0 atom stereocenters. The van der Waals surface area contributed by atoms with Crippen LogP contribution in [0.4, 0.5) is 0 Å². The summed E-state index contributed by atoms with van der Waals surface area (Å²) in [5.74, 6) is 1.47. The quantitative estimate of drug-likeness (QED) is 0.346. The Morgan fingerprint density at radius 1 is 1.32 bits per heavy atom. The molecule has 0 saturated heterocycles. The highest BCUT2D eigenvalue weighted by Crippen LogP contribution is 2.24. The molecule has 0 bridgehead atoms. The van der Waals surface area contributed by atoms with Crippen molar-refractivity contribution in [3.05, 3.63) is 71.0 Å². The van der Waals surface area contributed by atoms with Crippen LogP contribution >= 0.6 is 12.2 Å². The topological polar surface area (TPSA) is 75.4 Å². The van der Waals surface area contributed by atoms with E-state index < -0.39 is 0 Å². The van der Waals surface area contributed by atoms with Crippen LogP contribution in [0.1, 0.15) is 25.0 Å². The summed E-state index contributed by atoms with van der Waals surface area (Å²) < 4.78 is 7.62. The first-order chi connectivity index (χ1) is 13.5. The first-order valence-electron chi connectivity index (χ1n) is 8.90. The number of H-pyrrole nitrogens is 1. The van der Waals surface area contributed by atoms with E-state index in [9.17, 15) is 5.11 Å². The molecule has 0 spiro atoms. The lowest BCUT2D eigenvalue weighted by molar-refractivity contribution is 0.242. The van der Waals surface area contributed by atoms with Crippen molar-refractivity contribution in [3.63, 3.8) is 0 Å². The van der Waals surface area contributed by atoms with Crippen LogP contribution in [0, 0.1) is 4.77 Å². The number of ether oxygens (including phenoxy) is 1. The predicted octanol–water partition coefficient (Wildman–Crippen LogP) is 4.71. The molecule has 0 amide bonds. The van der Waals surface area contributed by atoms with Gasteiger partial charge in [0.05, 0.1) is 12.3 Å². The van der Waals surface area contributed by atoms with Crippen molar-refractivity contribution in [1.82, 2.24) is 14.9 Å². The number of hydrogen-bond donors (Lipinski definition) is 2. The van der Waals surface area contributed by atoms with E-state index in [1.807, 2.05) is 50.2 Å². The van der Waals surface area contributed by atoms with Crippen LogP contribution < -0.4 is 4.74 Å². The van der Waals surface area contributed by atoms with E-state index >= 15 is 0 Å². The van der Waals surface area contributed by atoms with Crippen LogP contribution in [0.3, 0.4) is 0 Å². The smallest absolute Gasteiger partial charge is 0.216 e. The number of aromatic nitrogens is 3. The van der Waals surface area contributed by atoms with Gasteiger partial charge in [-0.25, -0.2) is 5.10 Å². The summed E-state index contributed by atoms with van der Waals surface area (Å²) in [6, 6.07) is 13.1. The molecule has 0 aliphatic carbocycles. The van der Waals surface area contributed by atoms with Crippen LogP contribution in [0.5, 0.6) is 11.5 Å². The Kier molecular flexibility index (Phi) is 6.06. The lowest BCUT2D eigenvalue weighted by atomic mass is 10.1. The molecule has 0 aliphatic rings. The number of para-hydroxylation sites is 1. The first kappa shape index (κ1) is 19.6. The Labute approximate surface area is 168 Å². The average Bonchev–Trinajstić information content (AvgIpc) is 3.03. The van der Waals surface area contributed by atoms with Crippen LogP contribution in [-0.2, 0) is 6.42 Å². The molecule has 0 fully saturated rings. The minimum Gasteiger partial charge on any atom is -0.507 e. The highest BCUT2D eigenvalue weighted by molar-refractivity contribution is 7.71. The molecule has 3 rings (SSSR count). The summed E-state index contributed by atoms with van der Waals surface area (Å²) in [5, 5.41) is 21.9. The molecule has 3 aromatic rings. The second-order valence-electron chi connectivity index (χ2n) is 6.45. The molecule has 0 aliphatic heterocycles. The summed E-state index contributed by atoms with van der Waals surface area (Å²) in [6.45, 7) is 7.65. The number of aromatic amines is 1. The molecule has 7 heteroatoms. The van der Waals surface area contributed by atoms with Crippen molar-refractivity contribution in [3.8, 4) is 22.9 Å². The fourth-order valence-electron chi connectivity index (χ4n) is 2.72. The van der Waals surface area contributed by atoms with Crippen LogP contribution in [0.25, 0.3) is 11.4 Å². The fourth-order valence-corrected chi connectivity index (χ4v) is 2.90. The zero-order valence-corrected chi connectivity index (χ0v) is 16.6. The third-order valence-electron chi connectivity index (χ3n) is 3.94. The van der Waals surface area contributed by atoms with E-state index in [1.165, 1.54) is 4.68 Å². The van der Waals surface area contributed by atoms with Gasteiger partial charge in [0, 0.05) is 11.1 Å². The molecule has 144 valence electrons. The molecule has 6 nitrogen and oxygen atoms in total. The Morgan fingerprint density at radius 2 is 2.11 bits per heavy atom. The minimum atomic E-state index is 0.0694. The zero-order chi connectivity index (χ0) is 20.1. The van der Waals surface area contributed by atoms with E-state index in [1.54, 1.807) is 18.4 Å². The molecule has 2 N–H and O–H groups in total. The molecular weight excluding hydrogens is 372 g/mol. The lowest BCUT2D eigenvalue weighted by Crippen LogP contribution is -2.05. The maximum Gasteiger partial charge on any atom is 0.216 e. The second-order valence-corrected chi connectivity index (χ2v) is 6.84. The van der Waals surface area contributed by atoms with Gasteiger partial charge in [-0.15, -0.1) is 6.58 Å². The third-order valence-corrected chi connectivity index (χ3v) is 4.21. The van der Waals surface area contributed by atoms with Crippen LogP contribution in [0.2, 0.25) is 0 Å². The number of rotatable bonds is 7. The zero-order valence-electron chi connectivity index (χ0n) is 15.8. The van der Waals surface area contributed by atoms with E-state index in [-0.39, 0.29) is 11.9 Å². The molecule has 2 aromatic carbocycles. The number of allylic oxidation sites excluding steroid dienone is 1. The minimum absolute atomic E-state index is 0.0694. The Morgan fingerprint density at radius 3 is 2.86 bits per heavy atom. The van der Waals surface area contributed by atoms with Crippen LogP contribution in [-0.4, -0.2) is 32.3 Å². The normalized spacial score (nSPS) is 11.2. The van der Waals surface area contributed by atoms with Crippen molar-refractivity contribution >= 4 is 18.4 Å². The molecular formula is C21H22N4O2S. The van der Waals surface area contributed by atoms with Gasteiger partial charge in [0.1, 0.15) is 11.5 Å². The maximum atomic E-state index is 10.4. The maximum absolute atomic E-state index is 10.4. The van der Waals surface area contributed by atoms with Crippen LogP contribution in [0.15, 0.2) is 60.2 Å². The number of phenolic OH excluding ortho intramolecular Hbond substituents is 1. The average molecular weight is 395 g/mol. The van der Waals surface area contributed by atoms with Crippen molar-refractivity contribution in [1.29, 1.82) is 0 Å². The number of nitrogens with one attached hydrogen (secondary N) is 1. The van der Waals surface area contributed by atoms with Gasteiger partial charge < -0.3 is 9.84 Å². The summed E-state index contributed by atoms with van der Waals surface area (Å²) in [7, 11) is 0. The van der Waals surface area contributed by atoms with Crippen molar-refractivity contribution in [2.24, 2.45) is 5.10 Å². The Hall–Kier alpha value is -3.19. The van der Waals surface area contributed by atoms with Gasteiger partial charge in [-0.05, 0) is 56.2 Å². The van der Waals surface area contributed by atoms with Crippen molar-refractivity contribution < 1.29 is 9.84 Å². The highest BCUT2D eigenvalue weighted by Gasteiger charge is 2.10. The highest BCUT2D eigenvalue weighted by atomic mass is 32.1. The largest absolute Gasteiger partial charge is 0.507 e. The van der Waals surface area contributed by atoms with Gasteiger partial charge >= 0.3 is 0 Å². The number of phenols is 1. The van der Waals surface area contributed by atoms with Gasteiger partial charge in [0.2, 0.25) is 4.77 Å². The fraction of sp³-hybridized carbons (Fsp3) is 0.190. The van der Waals surface area contributed by atoms with E-state index in [4.69, 9.17) is 17.0 Å². The summed E-state index contributed by atoms with van der Waals surface area (Å²) >= 11 is 5.32. The molecule has 0 radical (unpaired) electrons. The standard InChI is InChI=1S/C21H22N4O2S/c1-4-7-15-8-5-10-17(19(15)26)13-22-25-20(23-24-21(25)28)16-9-6-11-18(12-16)27-14(2)3/h4-6,8-14,26H,1,7H2,2-3H3,(H,24,28). The SMILES string of the molecule is C=CCc1cccc(C=Nn2c(-c3cccc(OC(C)C)c3)n[nH]c2=S)c1O. The summed E-state index contributed by atoms with van der Waals surface area (Å²) in [4.78, 5) is 0. The Bertz CT molecular complexity index is 1070. The molecule has 0 saturated carbocycles.